The Kier molecular flexibility index (Phi) is 6.29. The van der Waals surface area contributed by atoms with Crippen LogP contribution in [-0.4, -0.2) is 47.5 Å². The summed E-state index contributed by atoms with van der Waals surface area (Å²) in [6, 6.07) is 4.53. The first-order valence-corrected chi connectivity index (χ1v) is 10.1. The zero-order valence-electron chi connectivity index (χ0n) is 17.0. The van der Waals surface area contributed by atoms with Crippen LogP contribution in [0.2, 0.25) is 0 Å². The molecular formula is C19H20FN5O5S. The van der Waals surface area contributed by atoms with Crippen LogP contribution in [0.3, 0.4) is 0 Å². The van der Waals surface area contributed by atoms with E-state index in [0.29, 0.717) is 5.56 Å². The molecule has 0 saturated carbocycles. The molecule has 0 bridgehead atoms. The first kappa shape index (κ1) is 22.3. The van der Waals surface area contributed by atoms with Crippen LogP contribution in [0.15, 0.2) is 39.0 Å². The van der Waals surface area contributed by atoms with Gasteiger partial charge in [0.05, 0.1) is 6.54 Å². The molecule has 0 spiro atoms. The Bertz CT molecular complexity index is 1280. The Labute approximate surface area is 179 Å². The molecule has 164 valence electrons. The van der Waals surface area contributed by atoms with Crippen molar-refractivity contribution in [3.63, 3.8) is 0 Å². The molecule has 0 fully saturated rings. The number of carboxylic acids is 1. The molecule has 31 heavy (non-hydrogen) atoms. The van der Waals surface area contributed by atoms with Gasteiger partial charge in [-0.15, -0.1) is 0 Å². The predicted octanol–water partition coefficient (Wildman–Crippen LogP) is 0.303. The highest BCUT2D eigenvalue weighted by molar-refractivity contribution is 7.99. The number of carboxylic acid groups (broad SMARTS) is 1. The standard InChI is InChI=1S/C19H20FN5O5S/c1-10(26)21-13(17(28)29)9-31-18-22-14-15(23(2)19(30)24(3)16(14)27)25(18)8-11-4-6-12(20)7-5-11/h4-7,13H,8-9H2,1-3H3,(H,21,26)(H,28,29). The topological polar surface area (TPSA) is 128 Å². The highest BCUT2D eigenvalue weighted by Crippen LogP contribution is 2.24. The third-order valence-electron chi connectivity index (χ3n) is 4.61. The van der Waals surface area contributed by atoms with Crippen molar-refractivity contribution in [3.8, 4) is 0 Å². The van der Waals surface area contributed by atoms with E-state index in [1.807, 2.05) is 0 Å². The van der Waals surface area contributed by atoms with Crippen LogP contribution in [0.1, 0.15) is 12.5 Å². The number of nitrogens with zero attached hydrogens (tertiary/aromatic N) is 4. The molecule has 0 saturated heterocycles. The summed E-state index contributed by atoms with van der Waals surface area (Å²) in [5.41, 5.74) is -0.148. The summed E-state index contributed by atoms with van der Waals surface area (Å²) < 4.78 is 17.1. The minimum Gasteiger partial charge on any atom is -0.480 e. The van der Waals surface area contributed by atoms with Crippen LogP contribution in [0.25, 0.3) is 11.2 Å². The number of aliphatic carboxylic acids is 1. The number of aromatic nitrogens is 4. The molecule has 0 aliphatic carbocycles. The number of rotatable bonds is 7. The molecule has 0 aliphatic heterocycles. The molecule has 1 amide bonds. The number of benzene rings is 1. The van der Waals surface area contributed by atoms with Gasteiger partial charge in [0.2, 0.25) is 5.91 Å². The van der Waals surface area contributed by atoms with Gasteiger partial charge in [0, 0.05) is 26.8 Å². The maximum atomic E-state index is 13.3. The Morgan fingerprint density at radius 1 is 1.19 bits per heavy atom. The Morgan fingerprint density at radius 3 is 2.42 bits per heavy atom. The molecule has 3 aromatic rings. The molecule has 2 heterocycles. The third-order valence-corrected chi connectivity index (χ3v) is 5.68. The summed E-state index contributed by atoms with van der Waals surface area (Å²) in [7, 11) is 2.84. The van der Waals surface area contributed by atoms with Crippen LogP contribution in [0, 0.1) is 5.82 Å². The fourth-order valence-electron chi connectivity index (χ4n) is 3.07. The summed E-state index contributed by atoms with van der Waals surface area (Å²) in [6.45, 7) is 1.38. The van der Waals surface area contributed by atoms with Gasteiger partial charge in [-0.1, -0.05) is 23.9 Å². The van der Waals surface area contributed by atoms with E-state index in [-0.39, 0.29) is 28.6 Å². The van der Waals surface area contributed by atoms with Gasteiger partial charge in [0.1, 0.15) is 11.9 Å². The number of imidazole rings is 1. The van der Waals surface area contributed by atoms with Crippen molar-refractivity contribution in [1.29, 1.82) is 0 Å². The summed E-state index contributed by atoms with van der Waals surface area (Å²) >= 11 is 1.02. The molecule has 1 atom stereocenters. The average molecular weight is 449 g/mol. The monoisotopic (exact) mass is 449 g/mol. The summed E-state index contributed by atoms with van der Waals surface area (Å²) in [5, 5.41) is 12.0. The minimum absolute atomic E-state index is 0.0422. The van der Waals surface area contributed by atoms with E-state index in [1.54, 1.807) is 16.7 Å². The summed E-state index contributed by atoms with van der Waals surface area (Å²) in [5.74, 6) is -2.18. The number of hydrogen-bond donors (Lipinski definition) is 2. The molecule has 1 aromatic carbocycles. The second-order valence-corrected chi connectivity index (χ2v) is 7.87. The lowest BCUT2D eigenvalue weighted by molar-refractivity contribution is -0.140. The molecule has 3 rings (SSSR count). The number of nitrogens with one attached hydrogen (secondary N) is 1. The largest absolute Gasteiger partial charge is 0.480 e. The lowest BCUT2D eigenvalue weighted by Crippen LogP contribution is -2.41. The smallest absolute Gasteiger partial charge is 0.332 e. The number of amides is 1. The molecule has 1 unspecified atom stereocenters. The number of thioether (sulfide) groups is 1. The maximum absolute atomic E-state index is 13.3. The van der Waals surface area contributed by atoms with Crippen molar-refractivity contribution < 1.29 is 19.1 Å². The number of fused-ring (bicyclic) bond motifs is 1. The van der Waals surface area contributed by atoms with Crippen molar-refractivity contribution in [2.24, 2.45) is 14.1 Å². The Hall–Kier alpha value is -3.41. The second-order valence-electron chi connectivity index (χ2n) is 6.89. The lowest BCUT2D eigenvalue weighted by Gasteiger charge is -2.14. The fraction of sp³-hybridized carbons (Fsp3) is 0.316. The number of carbonyl (C=O) groups excluding carboxylic acids is 1. The highest BCUT2D eigenvalue weighted by Gasteiger charge is 2.23. The lowest BCUT2D eigenvalue weighted by atomic mass is 10.2. The minimum atomic E-state index is -1.22. The number of carbonyl (C=O) groups is 2. The average Bonchev–Trinajstić information content (AvgIpc) is 3.07. The molecule has 0 radical (unpaired) electrons. The van der Waals surface area contributed by atoms with Gasteiger partial charge in [0.25, 0.3) is 5.56 Å². The number of halogens is 1. The molecule has 10 nitrogen and oxygen atoms in total. The van der Waals surface area contributed by atoms with Crippen molar-refractivity contribution in [1.82, 2.24) is 24.0 Å². The summed E-state index contributed by atoms with van der Waals surface area (Å²) in [6.07, 6.45) is 0. The predicted molar refractivity (Wildman–Crippen MR) is 112 cm³/mol. The van der Waals surface area contributed by atoms with E-state index >= 15 is 0 Å². The fourth-order valence-corrected chi connectivity index (χ4v) is 4.08. The van der Waals surface area contributed by atoms with Crippen LogP contribution in [0.4, 0.5) is 4.39 Å². The van der Waals surface area contributed by atoms with Crippen LogP contribution < -0.4 is 16.6 Å². The van der Waals surface area contributed by atoms with Gasteiger partial charge in [-0.05, 0) is 17.7 Å². The van der Waals surface area contributed by atoms with Crippen molar-refractivity contribution in [3.05, 3.63) is 56.5 Å². The van der Waals surface area contributed by atoms with E-state index in [1.165, 1.54) is 37.7 Å². The third kappa shape index (κ3) is 4.53. The summed E-state index contributed by atoms with van der Waals surface area (Å²) in [4.78, 5) is 52.2. The van der Waals surface area contributed by atoms with Crippen LogP contribution in [-0.2, 0) is 30.2 Å². The number of aryl methyl sites for hydroxylation is 1. The van der Waals surface area contributed by atoms with Crippen LogP contribution >= 0.6 is 11.8 Å². The van der Waals surface area contributed by atoms with Gasteiger partial charge >= 0.3 is 11.7 Å². The van der Waals surface area contributed by atoms with E-state index in [4.69, 9.17) is 0 Å². The zero-order chi connectivity index (χ0) is 22.9. The van der Waals surface area contributed by atoms with Crippen molar-refractivity contribution in [2.45, 2.75) is 24.7 Å². The van der Waals surface area contributed by atoms with Gasteiger partial charge in [0.15, 0.2) is 16.3 Å². The first-order chi connectivity index (χ1) is 14.6. The van der Waals surface area contributed by atoms with E-state index < -0.39 is 35.0 Å². The van der Waals surface area contributed by atoms with Gasteiger partial charge in [-0.3, -0.25) is 18.7 Å². The molecular weight excluding hydrogens is 429 g/mol. The Balaban J connectivity index is 2.11. The number of hydrogen-bond acceptors (Lipinski definition) is 6. The SMILES string of the molecule is CC(=O)NC(CSc1nc2c(=O)n(C)c(=O)n(C)c2n1Cc1ccc(F)cc1)C(=O)O. The van der Waals surface area contributed by atoms with Gasteiger partial charge < -0.3 is 15.0 Å². The van der Waals surface area contributed by atoms with E-state index in [9.17, 15) is 28.7 Å². The van der Waals surface area contributed by atoms with Crippen LogP contribution in [0.5, 0.6) is 0 Å². The maximum Gasteiger partial charge on any atom is 0.332 e. The Morgan fingerprint density at radius 2 is 1.84 bits per heavy atom. The van der Waals surface area contributed by atoms with E-state index in [2.05, 4.69) is 10.3 Å². The normalized spacial score (nSPS) is 12.1. The quantitative estimate of drug-likeness (QED) is 0.497. The van der Waals surface area contributed by atoms with Crippen molar-refractivity contribution >= 4 is 34.8 Å². The van der Waals surface area contributed by atoms with Gasteiger partial charge in [-0.25, -0.2) is 19.0 Å². The molecule has 12 heteroatoms. The van der Waals surface area contributed by atoms with Crippen molar-refractivity contribution in [2.75, 3.05) is 5.75 Å². The van der Waals surface area contributed by atoms with Gasteiger partial charge in [-0.2, -0.15) is 0 Å². The second kappa shape index (κ2) is 8.76. The van der Waals surface area contributed by atoms with E-state index in [0.717, 1.165) is 16.3 Å². The molecule has 2 aromatic heterocycles. The highest BCUT2D eigenvalue weighted by atomic mass is 32.2. The molecule has 0 aliphatic rings. The zero-order valence-corrected chi connectivity index (χ0v) is 17.8. The first-order valence-electron chi connectivity index (χ1n) is 9.13. The molecule has 2 N–H and O–H groups in total.